The predicted molar refractivity (Wildman–Crippen MR) is 71.9 cm³/mol. The van der Waals surface area contributed by atoms with Crippen LogP contribution in [0.4, 0.5) is 0 Å². The average Bonchev–Trinajstić information content (AvgIpc) is 2.73. The molecule has 0 aliphatic carbocycles. The van der Waals surface area contributed by atoms with E-state index < -0.39 is 0 Å². The molecule has 104 valence electrons. The van der Waals surface area contributed by atoms with Gasteiger partial charge in [0, 0.05) is 25.7 Å². The molecule has 1 aromatic rings. The van der Waals surface area contributed by atoms with E-state index in [1.54, 1.807) is 13.3 Å². The van der Waals surface area contributed by atoms with E-state index in [1.165, 1.54) is 0 Å². The third kappa shape index (κ3) is 5.51. The van der Waals surface area contributed by atoms with E-state index in [0.29, 0.717) is 6.61 Å². The minimum absolute atomic E-state index is 0.0104. The van der Waals surface area contributed by atoms with Gasteiger partial charge in [-0.1, -0.05) is 0 Å². The summed E-state index contributed by atoms with van der Waals surface area (Å²) in [6.45, 7) is 10.6. The van der Waals surface area contributed by atoms with Gasteiger partial charge in [-0.3, -0.25) is 4.68 Å². The number of rotatable bonds is 7. The first-order valence-electron chi connectivity index (χ1n) is 6.37. The zero-order valence-electron chi connectivity index (χ0n) is 12.1. The van der Waals surface area contributed by atoms with Gasteiger partial charge in [-0.2, -0.15) is 5.10 Å². The maximum Gasteiger partial charge on any atom is 0.157 e. The zero-order chi connectivity index (χ0) is 13.6. The van der Waals surface area contributed by atoms with E-state index in [9.17, 15) is 0 Å². The third-order valence-electron chi connectivity index (χ3n) is 2.45. The largest absolute Gasteiger partial charge is 0.483 e. The molecule has 0 radical (unpaired) electrons. The van der Waals surface area contributed by atoms with Crippen LogP contribution in [-0.2, 0) is 11.3 Å². The van der Waals surface area contributed by atoms with Crippen LogP contribution in [0.25, 0.3) is 0 Å². The van der Waals surface area contributed by atoms with Gasteiger partial charge in [0.2, 0.25) is 0 Å². The molecular weight excluding hydrogens is 230 g/mol. The molecule has 0 bridgehead atoms. The summed E-state index contributed by atoms with van der Waals surface area (Å²) in [6.07, 6.45) is 3.63. The number of aryl methyl sites for hydroxylation is 1. The Morgan fingerprint density at radius 2 is 2.17 bits per heavy atom. The van der Waals surface area contributed by atoms with E-state index in [2.05, 4.69) is 31.2 Å². The van der Waals surface area contributed by atoms with E-state index >= 15 is 0 Å². The first kappa shape index (κ1) is 15.0. The molecule has 0 fully saturated rings. The van der Waals surface area contributed by atoms with Crippen LogP contribution in [0.15, 0.2) is 12.4 Å². The molecule has 1 N–H and O–H groups in total. The molecule has 1 rings (SSSR count). The fourth-order valence-electron chi connectivity index (χ4n) is 1.51. The van der Waals surface area contributed by atoms with Crippen molar-refractivity contribution >= 4 is 0 Å². The lowest BCUT2D eigenvalue weighted by atomic mass is 10.1. The number of nitrogens with one attached hydrogen (secondary N) is 1. The third-order valence-corrected chi connectivity index (χ3v) is 2.45. The maximum atomic E-state index is 5.86. The van der Waals surface area contributed by atoms with E-state index in [4.69, 9.17) is 9.47 Å². The van der Waals surface area contributed by atoms with Gasteiger partial charge in [-0.15, -0.1) is 0 Å². The lowest BCUT2D eigenvalue weighted by molar-refractivity contribution is 0.0764. The number of hydrogen-bond acceptors (Lipinski definition) is 4. The highest BCUT2D eigenvalue weighted by Crippen LogP contribution is 2.11. The predicted octanol–water partition coefficient (Wildman–Crippen LogP) is 1.68. The van der Waals surface area contributed by atoms with E-state index in [1.807, 2.05) is 17.8 Å². The van der Waals surface area contributed by atoms with Crippen LogP contribution in [0.3, 0.4) is 0 Å². The summed E-state index contributed by atoms with van der Waals surface area (Å²) in [7, 11) is 1.68. The molecule has 18 heavy (non-hydrogen) atoms. The first-order valence-corrected chi connectivity index (χ1v) is 6.37. The summed E-state index contributed by atoms with van der Waals surface area (Å²) < 4.78 is 12.9. The Bertz CT molecular complexity index is 344. The molecule has 0 spiro atoms. The van der Waals surface area contributed by atoms with Crippen LogP contribution in [0.5, 0.6) is 5.75 Å². The quantitative estimate of drug-likeness (QED) is 0.805. The highest BCUT2D eigenvalue weighted by Gasteiger charge is 2.16. The average molecular weight is 255 g/mol. The van der Waals surface area contributed by atoms with Crippen LogP contribution in [0, 0.1) is 0 Å². The van der Waals surface area contributed by atoms with Crippen LogP contribution < -0.4 is 10.1 Å². The van der Waals surface area contributed by atoms with Crippen LogP contribution in [-0.4, -0.2) is 41.7 Å². The molecule has 0 aromatic carbocycles. The van der Waals surface area contributed by atoms with Gasteiger partial charge in [0.15, 0.2) is 5.75 Å². The molecule has 0 amide bonds. The van der Waals surface area contributed by atoms with Gasteiger partial charge in [-0.25, -0.2) is 0 Å². The second-order valence-corrected chi connectivity index (χ2v) is 5.36. The Morgan fingerprint density at radius 3 is 2.67 bits per heavy atom. The van der Waals surface area contributed by atoms with Crippen molar-refractivity contribution in [3.8, 4) is 5.75 Å². The van der Waals surface area contributed by atoms with Crippen LogP contribution in [0.2, 0.25) is 0 Å². The first-order chi connectivity index (χ1) is 8.44. The minimum Gasteiger partial charge on any atom is -0.483 e. The molecule has 0 saturated carbocycles. The molecule has 1 aromatic heterocycles. The number of nitrogens with zero attached hydrogens (tertiary/aromatic N) is 2. The van der Waals surface area contributed by atoms with Gasteiger partial charge in [-0.05, 0) is 27.7 Å². The van der Waals surface area contributed by atoms with Crippen molar-refractivity contribution in [2.75, 3.05) is 20.3 Å². The van der Waals surface area contributed by atoms with Gasteiger partial charge >= 0.3 is 0 Å². The normalized spacial score (nSPS) is 13.6. The highest BCUT2D eigenvalue weighted by molar-refractivity contribution is 5.12. The fourth-order valence-corrected chi connectivity index (χ4v) is 1.51. The van der Waals surface area contributed by atoms with Gasteiger partial charge in [0.05, 0.1) is 19.0 Å². The Hall–Kier alpha value is -1.07. The molecular formula is C13H25N3O2. The fraction of sp³-hybridized carbons (Fsp3) is 0.769. The Labute approximate surface area is 109 Å². The van der Waals surface area contributed by atoms with Crippen molar-refractivity contribution in [2.45, 2.75) is 45.9 Å². The van der Waals surface area contributed by atoms with Gasteiger partial charge in [0.1, 0.15) is 6.10 Å². The van der Waals surface area contributed by atoms with Crippen molar-refractivity contribution in [1.29, 1.82) is 0 Å². The number of aromatic nitrogens is 2. The van der Waals surface area contributed by atoms with Crippen molar-refractivity contribution < 1.29 is 9.47 Å². The summed E-state index contributed by atoms with van der Waals surface area (Å²) in [5.41, 5.74) is 0.0724. The lowest BCUT2D eigenvalue weighted by Gasteiger charge is -2.25. The molecule has 1 heterocycles. The van der Waals surface area contributed by atoms with Crippen molar-refractivity contribution in [3.05, 3.63) is 12.4 Å². The van der Waals surface area contributed by atoms with Crippen molar-refractivity contribution in [1.82, 2.24) is 15.1 Å². The maximum absolute atomic E-state index is 5.86. The monoisotopic (exact) mass is 255 g/mol. The second kappa shape index (κ2) is 6.75. The Kier molecular flexibility index (Phi) is 5.62. The standard InChI is InChI=1S/C13H25N3O2/c1-6-16-9-11(8-15-16)18-12(10-17-5)7-14-13(2,3)4/h8-9,12,14H,6-7,10H2,1-5H3. The molecule has 1 unspecified atom stereocenters. The molecule has 0 aliphatic heterocycles. The summed E-state index contributed by atoms with van der Waals surface area (Å²) >= 11 is 0. The summed E-state index contributed by atoms with van der Waals surface area (Å²) in [6, 6.07) is 0. The summed E-state index contributed by atoms with van der Waals surface area (Å²) in [4.78, 5) is 0. The number of hydrogen-bond donors (Lipinski definition) is 1. The van der Waals surface area contributed by atoms with E-state index in [0.717, 1.165) is 18.8 Å². The molecule has 1 atom stereocenters. The Balaban J connectivity index is 2.51. The Morgan fingerprint density at radius 1 is 1.44 bits per heavy atom. The van der Waals surface area contributed by atoms with Gasteiger partial charge < -0.3 is 14.8 Å². The molecule has 0 aliphatic rings. The molecule has 0 saturated heterocycles. The zero-order valence-corrected chi connectivity index (χ0v) is 12.1. The number of ether oxygens (including phenoxy) is 2. The second-order valence-electron chi connectivity index (χ2n) is 5.36. The van der Waals surface area contributed by atoms with Gasteiger partial charge in [0.25, 0.3) is 0 Å². The SMILES string of the molecule is CCn1cc(OC(CNC(C)(C)C)COC)cn1. The van der Waals surface area contributed by atoms with Crippen molar-refractivity contribution in [3.63, 3.8) is 0 Å². The summed E-state index contributed by atoms with van der Waals surface area (Å²) in [5, 5.41) is 7.60. The molecule has 5 heteroatoms. The topological polar surface area (TPSA) is 48.3 Å². The van der Waals surface area contributed by atoms with E-state index in [-0.39, 0.29) is 11.6 Å². The molecule has 5 nitrogen and oxygen atoms in total. The minimum atomic E-state index is -0.0104. The van der Waals surface area contributed by atoms with Crippen LogP contribution in [0.1, 0.15) is 27.7 Å². The highest BCUT2D eigenvalue weighted by atomic mass is 16.5. The lowest BCUT2D eigenvalue weighted by Crippen LogP contribution is -2.44. The van der Waals surface area contributed by atoms with Crippen molar-refractivity contribution in [2.24, 2.45) is 0 Å². The van der Waals surface area contributed by atoms with Crippen LogP contribution >= 0.6 is 0 Å². The smallest absolute Gasteiger partial charge is 0.157 e. The number of methoxy groups -OCH3 is 1. The summed E-state index contributed by atoms with van der Waals surface area (Å²) in [5.74, 6) is 0.787.